The highest BCUT2D eigenvalue weighted by atomic mass is 16.5. The Kier molecular flexibility index (Phi) is 4.02. The lowest BCUT2D eigenvalue weighted by Gasteiger charge is -2.32. The highest BCUT2D eigenvalue weighted by molar-refractivity contribution is 5.28. The van der Waals surface area contributed by atoms with Crippen molar-refractivity contribution < 1.29 is 9.84 Å². The number of rotatable bonds is 4. The van der Waals surface area contributed by atoms with Crippen LogP contribution in [0.5, 0.6) is 5.75 Å². The summed E-state index contributed by atoms with van der Waals surface area (Å²) in [4.78, 5) is 0. The van der Waals surface area contributed by atoms with Crippen LogP contribution in [0.4, 0.5) is 0 Å². The van der Waals surface area contributed by atoms with Crippen molar-refractivity contribution in [2.24, 2.45) is 0 Å². The Labute approximate surface area is 103 Å². The third-order valence-electron chi connectivity index (χ3n) is 3.30. The first-order chi connectivity index (χ1) is 8.22. The van der Waals surface area contributed by atoms with E-state index in [0.29, 0.717) is 6.61 Å². The van der Waals surface area contributed by atoms with E-state index in [1.807, 2.05) is 31.2 Å². The van der Waals surface area contributed by atoms with Gasteiger partial charge in [-0.25, -0.2) is 0 Å². The van der Waals surface area contributed by atoms with Gasteiger partial charge in [-0.15, -0.1) is 0 Å². The van der Waals surface area contributed by atoms with Gasteiger partial charge < -0.3 is 15.2 Å². The Morgan fingerprint density at radius 2 is 1.88 bits per heavy atom. The third-order valence-corrected chi connectivity index (χ3v) is 3.30. The van der Waals surface area contributed by atoms with Gasteiger partial charge >= 0.3 is 0 Å². The van der Waals surface area contributed by atoms with Crippen LogP contribution in [0, 0.1) is 0 Å². The van der Waals surface area contributed by atoms with E-state index < -0.39 is 5.60 Å². The maximum atomic E-state index is 10.4. The lowest BCUT2D eigenvalue weighted by molar-refractivity contribution is 0.0108. The fourth-order valence-electron chi connectivity index (χ4n) is 2.32. The maximum absolute atomic E-state index is 10.4. The standard InChI is InChI=1S/C14H21NO2/c1-2-17-13-5-3-12(4-6-13)11-14(16)7-9-15-10-8-14/h3-6,15-16H,2,7-11H2,1H3. The summed E-state index contributed by atoms with van der Waals surface area (Å²) in [5, 5.41) is 13.7. The van der Waals surface area contributed by atoms with Crippen molar-refractivity contribution in [3.63, 3.8) is 0 Å². The fraction of sp³-hybridized carbons (Fsp3) is 0.571. The van der Waals surface area contributed by atoms with Crippen LogP contribution in [0.25, 0.3) is 0 Å². The molecule has 1 aliphatic rings. The molecule has 94 valence electrons. The zero-order chi connectivity index (χ0) is 12.1. The topological polar surface area (TPSA) is 41.5 Å². The molecule has 0 atom stereocenters. The van der Waals surface area contributed by atoms with Gasteiger partial charge in [0, 0.05) is 6.42 Å². The normalized spacial score (nSPS) is 18.9. The zero-order valence-corrected chi connectivity index (χ0v) is 10.4. The second kappa shape index (κ2) is 5.52. The number of hydrogen-bond donors (Lipinski definition) is 2. The van der Waals surface area contributed by atoms with E-state index in [1.165, 1.54) is 5.56 Å². The van der Waals surface area contributed by atoms with Crippen LogP contribution in [0.2, 0.25) is 0 Å². The molecule has 3 nitrogen and oxygen atoms in total. The molecule has 0 unspecified atom stereocenters. The van der Waals surface area contributed by atoms with Crippen molar-refractivity contribution in [3.8, 4) is 5.75 Å². The number of piperidine rings is 1. The zero-order valence-electron chi connectivity index (χ0n) is 10.4. The number of benzene rings is 1. The molecule has 2 rings (SSSR count). The Hall–Kier alpha value is -1.06. The predicted molar refractivity (Wildman–Crippen MR) is 68.4 cm³/mol. The molecule has 2 N–H and O–H groups in total. The molecule has 0 spiro atoms. The van der Waals surface area contributed by atoms with Crippen LogP contribution < -0.4 is 10.1 Å². The lowest BCUT2D eigenvalue weighted by Crippen LogP contribution is -2.43. The summed E-state index contributed by atoms with van der Waals surface area (Å²) in [7, 11) is 0. The van der Waals surface area contributed by atoms with Crippen molar-refractivity contribution in [1.82, 2.24) is 5.32 Å². The van der Waals surface area contributed by atoms with Crippen molar-refractivity contribution in [1.29, 1.82) is 0 Å². The van der Waals surface area contributed by atoms with Gasteiger partial charge in [0.25, 0.3) is 0 Å². The average molecular weight is 235 g/mol. The Morgan fingerprint density at radius 3 is 2.47 bits per heavy atom. The number of ether oxygens (including phenoxy) is 1. The highest BCUT2D eigenvalue weighted by Gasteiger charge is 2.28. The van der Waals surface area contributed by atoms with Gasteiger partial charge in [-0.1, -0.05) is 12.1 Å². The molecule has 1 heterocycles. The average Bonchev–Trinajstić information content (AvgIpc) is 2.33. The molecule has 17 heavy (non-hydrogen) atoms. The van der Waals surface area contributed by atoms with E-state index in [2.05, 4.69) is 5.32 Å². The molecule has 0 radical (unpaired) electrons. The Balaban J connectivity index is 1.97. The van der Waals surface area contributed by atoms with Gasteiger partial charge in [0.15, 0.2) is 0 Å². The molecule has 0 amide bonds. The van der Waals surface area contributed by atoms with Crippen molar-refractivity contribution in [2.75, 3.05) is 19.7 Å². The molecular weight excluding hydrogens is 214 g/mol. The van der Waals surface area contributed by atoms with Gasteiger partial charge in [0.2, 0.25) is 0 Å². The minimum absolute atomic E-state index is 0.529. The van der Waals surface area contributed by atoms with Crippen LogP contribution in [0.1, 0.15) is 25.3 Å². The summed E-state index contributed by atoms with van der Waals surface area (Å²) in [6.07, 6.45) is 2.40. The molecule has 0 aliphatic carbocycles. The minimum Gasteiger partial charge on any atom is -0.494 e. The summed E-state index contributed by atoms with van der Waals surface area (Å²) in [6.45, 7) is 4.49. The fourth-order valence-corrected chi connectivity index (χ4v) is 2.32. The van der Waals surface area contributed by atoms with Crippen LogP contribution in [0.15, 0.2) is 24.3 Å². The molecule has 1 aromatic carbocycles. The first-order valence-corrected chi connectivity index (χ1v) is 6.37. The summed E-state index contributed by atoms with van der Waals surface area (Å²) in [5.41, 5.74) is 0.649. The summed E-state index contributed by atoms with van der Waals surface area (Å²) < 4.78 is 5.40. The first kappa shape index (κ1) is 12.4. The highest BCUT2D eigenvalue weighted by Crippen LogP contribution is 2.24. The van der Waals surface area contributed by atoms with Gasteiger partial charge in [0.1, 0.15) is 5.75 Å². The number of nitrogens with one attached hydrogen (secondary N) is 1. The Morgan fingerprint density at radius 1 is 1.24 bits per heavy atom. The summed E-state index contributed by atoms with van der Waals surface area (Å²) in [6, 6.07) is 8.04. The molecular formula is C14H21NO2. The predicted octanol–water partition coefficient (Wildman–Crippen LogP) is 1.74. The van der Waals surface area contributed by atoms with Crippen LogP contribution in [-0.2, 0) is 6.42 Å². The molecule has 1 aromatic rings. The van der Waals surface area contributed by atoms with Gasteiger partial charge in [-0.05, 0) is 50.6 Å². The third kappa shape index (κ3) is 3.45. The monoisotopic (exact) mass is 235 g/mol. The van der Waals surface area contributed by atoms with Crippen LogP contribution >= 0.6 is 0 Å². The van der Waals surface area contributed by atoms with E-state index in [9.17, 15) is 5.11 Å². The number of aliphatic hydroxyl groups is 1. The summed E-state index contributed by atoms with van der Waals surface area (Å²) >= 11 is 0. The molecule has 1 fully saturated rings. The molecule has 0 bridgehead atoms. The molecule has 1 saturated heterocycles. The molecule has 1 aliphatic heterocycles. The van der Waals surface area contributed by atoms with E-state index in [0.717, 1.165) is 38.1 Å². The molecule has 0 saturated carbocycles. The largest absolute Gasteiger partial charge is 0.494 e. The van der Waals surface area contributed by atoms with Gasteiger partial charge in [-0.3, -0.25) is 0 Å². The quantitative estimate of drug-likeness (QED) is 0.835. The molecule has 3 heteroatoms. The second-order valence-corrected chi connectivity index (χ2v) is 4.73. The van der Waals surface area contributed by atoms with Crippen molar-refractivity contribution >= 4 is 0 Å². The van der Waals surface area contributed by atoms with Gasteiger partial charge in [-0.2, -0.15) is 0 Å². The van der Waals surface area contributed by atoms with Crippen molar-refractivity contribution in [2.45, 2.75) is 31.8 Å². The Bertz CT molecular complexity index is 342. The lowest BCUT2D eigenvalue weighted by atomic mass is 9.86. The minimum atomic E-state index is -0.529. The number of hydrogen-bond acceptors (Lipinski definition) is 3. The summed E-state index contributed by atoms with van der Waals surface area (Å²) in [5.74, 6) is 0.897. The maximum Gasteiger partial charge on any atom is 0.119 e. The van der Waals surface area contributed by atoms with Crippen LogP contribution in [-0.4, -0.2) is 30.4 Å². The van der Waals surface area contributed by atoms with E-state index >= 15 is 0 Å². The molecule has 0 aromatic heterocycles. The van der Waals surface area contributed by atoms with Crippen LogP contribution in [0.3, 0.4) is 0 Å². The first-order valence-electron chi connectivity index (χ1n) is 6.37. The van der Waals surface area contributed by atoms with Crippen molar-refractivity contribution in [3.05, 3.63) is 29.8 Å². The van der Waals surface area contributed by atoms with E-state index in [-0.39, 0.29) is 0 Å². The smallest absolute Gasteiger partial charge is 0.119 e. The van der Waals surface area contributed by atoms with E-state index in [4.69, 9.17) is 4.74 Å². The van der Waals surface area contributed by atoms with Gasteiger partial charge in [0.05, 0.1) is 12.2 Å². The second-order valence-electron chi connectivity index (χ2n) is 4.73. The van der Waals surface area contributed by atoms with E-state index in [1.54, 1.807) is 0 Å². The SMILES string of the molecule is CCOc1ccc(CC2(O)CCNCC2)cc1.